The van der Waals surface area contributed by atoms with Crippen molar-refractivity contribution < 1.29 is 0 Å². The van der Waals surface area contributed by atoms with Gasteiger partial charge in [0.05, 0.1) is 0 Å². The fraction of sp³-hybridized carbons (Fsp3) is 0.839. The Balaban J connectivity index is -0.000000167. The molecule has 0 amide bonds. The molecule has 0 aliphatic rings. The van der Waals surface area contributed by atoms with E-state index < -0.39 is 0 Å². The summed E-state index contributed by atoms with van der Waals surface area (Å²) >= 11 is 0. The van der Waals surface area contributed by atoms with Crippen LogP contribution in [0.15, 0.2) is 128 Å². The summed E-state index contributed by atoms with van der Waals surface area (Å²) in [6.07, 6.45) is 87.2. The predicted molar refractivity (Wildman–Crippen MR) is 651 cm³/mol. The third kappa shape index (κ3) is 164. The van der Waals surface area contributed by atoms with Crippen molar-refractivity contribution in [2.75, 3.05) is 0 Å². The molecule has 820 valence electrons. The molecule has 0 bridgehead atoms. The van der Waals surface area contributed by atoms with E-state index in [4.69, 9.17) is 0 Å². The van der Waals surface area contributed by atoms with Crippen molar-refractivity contribution in [1.82, 2.24) is 0 Å². The second-order valence-corrected chi connectivity index (χ2v) is 50.6. The van der Waals surface area contributed by atoms with Crippen LogP contribution in [0.3, 0.4) is 0 Å². The van der Waals surface area contributed by atoms with Gasteiger partial charge in [0.2, 0.25) is 0 Å². The zero-order valence-electron chi connectivity index (χ0n) is 105. The molecule has 0 saturated carbocycles. The lowest BCUT2D eigenvalue weighted by atomic mass is 9.93. The maximum Gasteiger partial charge on any atom is -0.0288 e. The number of rotatable bonds is 66. The van der Waals surface area contributed by atoms with Gasteiger partial charge in [-0.15, -0.1) is 0 Å². The van der Waals surface area contributed by atoms with E-state index in [-0.39, 0.29) is 0 Å². The molecular weight excluding hydrogens is 1650 g/mol. The molecular formula is C137H272. The Morgan fingerprint density at radius 3 is 0.496 bits per heavy atom. The van der Waals surface area contributed by atoms with Crippen LogP contribution in [0.1, 0.15) is 642 Å². The normalized spacial score (nSPS) is 13.7. The van der Waals surface area contributed by atoms with Crippen molar-refractivity contribution in [3.8, 4) is 0 Å². The molecule has 0 heteroatoms. The topological polar surface area (TPSA) is 0 Å². The Kier molecular flexibility index (Phi) is 126. The van der Waals surface area contributed by atoms with E-state index in [0.29, 0.717) is 0 Å². The number of allylic oxidation sites excluding steroid dienone is 22. The lowest BCUT2D eigenvalue weighted by Crippen LogP contribution is -1.99. The van der Waals surface area contributed by atoms with Gasteiger partial charge >= 0.3 is 0 Å². The van der Waals surface area contributed by atoms with Gasteiger partial charge in [-0.1, -0.05) is 537 Å². The number of hydrogen-bond acceptors (Lipinski definition) is 0. The molecule has 0 aromatic rings. The zero-order chi connectivity index (χ0) is 108. The Morgan fingerprint density at radius 1 is 0.146 bits per heavy atom. The highest BCUT2D eigenvalue weighted by Gasteiger charge is 2.10. The van der Waals surface area contributed by atoms with Gasteiger partial charge in [-0.3, -0.25) is 0 Å². The summed E-state index contributed by atoms with van der Waals surface area (Å²) in [5.74, 6) is 16.8. The fourth-order valence-corrected chi connectivity index (χ4v) is 14.6. The minimum Gasteiger partial charge on any atom is -0.0859 e. The smallest absolute Gasteiger partial charge is 0.0288 e. The van der Waals surface area contributed by atoms with Crippen molar-refractivity contribution in [2.24, 2.45) is 112 Å². The van der Waals surface area contributed by atoms with E-state index in [1.807, 2.05) is 0 Å². The highest BCUT2D eigenvalue weighted by atomic mass is 14.2. The molecule has 0 heterocycles. The Labute approximate surface area is 876 Å². The quantitative estimate of drug-likeness (QED) is 0.0533. The van der Waals surface area contributed by atoms with E-state index in [0.717, 1.165) is 112 Å². The van der Waals surface area contributed by atoms with Crippen LogP contribution in [0.5, 0.6) is 0 Å². The lowest BCUT2D eigenvalue weighted by Gasteiger charge is -2.13. The van der Waals surface area contributed by atoms with Crippen molar-refractivity contribution >= 4 is 0 Å². The molecule has 0 spiro atoms. The van der Waals surface area contributed by atoms with Gasteiger partial charge in [0.15, 0.2) is 0 Å². The van der Waals surface area contributed by atoms with Gasteiger partial charge in [-0.25, -0.2) is 0 Å². The van der Waals surface area contributed by atoms with Gasteiger partial charge in [-0.2, -0.15) is 0 Å². The summed E-state index contributed by atoms with van der Waals surface area (Å²) in [6, 6.07) is 0. The van der Waals surface area contributed by atoms with Crippen molar-refractivity contribution in [2.45, 2.75) is 642 Å². The molecule has 0 saturated heterocycles. The van der Waals surface area contributed by atoms with Crippen LogP contribution in [0.2, 0.25) is 0 Å². The molecule has 0 radical (unpaired) electrons. The standard InChI is InChI=1S/C23H42.C23H40.C18H32.2C13H28.C13H26.C11H24.2C9H20.C5H12/c2*1-19(2)11-8-12-21(5)13-9-14-22(6)15-10-16-23(7)18-17-20(3)4;1-15(2)9-7-10-17(5)11-8-12-18(6)14-13-16(3)4;3*1-11(2)7-6-8-13(5)10-9-12(3)4;1-5-6-7-11(4)9-8-10(2)3;2*1-5-9(4)7-6-8(2)3;1-4-5(2)3/h11,13,15,20,23H,8-10,12,14,16-18H2,1-7H3;11,13,15,18,20H,8-10,12,14,16-17H2,1-7H3;9,11,14,16H,7-8,10,12-13H2,1-6H3;2*11-13H,6-10H2,1-5H3;7,12-13H,6,8-10H2,1-5H3;10-11H,5-9H2,1-4H3;2*8-9H,5-7H2,1-4H3;5H,4H2,1-3H3/b21-13+,22-15-;21-13+,22-15-,23-18+;17-11+,18-14-;;;;;;;. The van der Waals surface area contributed by atoms with Gasteiger partial charge in [0, 0.05) is 0 Å². The molecule has 0 fully saturated rings. The SMILES string of the molecule is CC(C)=CCC/C(C)=C/CC/C(C)=C\CC(C)C.CC(C)=CCC/C(C)=C/CC/C(C)=C\CC/C(C)=C/CC(C)C.CC(C)=CCC/C(C)=C/CC/C(C)=C\CCC(C)CCC(C)C.CC(C)=CCCC(C)CCC(C)C.CC(C)CCCC(C)CCC(C)C.CC(C)CCCC(C)CCC(C)C.CCC(C)C.CCC(C)CCC(C)C.CCC(C)CCC(C)C.CCCCC(C)CCC(C)C. The first-order valence-electron chi connectivity index (χ1n) is 60.0. The maximum absolute atomic E-state index is 2.47. The first-order chi connectivity index (χ1) is 63.8. The minimum atomic E-state index is 0.772. The van der Waals surface area contributed by atoms with Gasteiger partial charge in [0.1, 0.15) is 0 Å². The molecule has 7 atom stereocenters. The molecule has 0 nitrogen and oxygen atoms in total. The number of hydrogen-bond donors (Lipinski definition) is 0. The maximum atomic E-state index is 2.47. The summed E-state index contributed by atoms with van der Waals surface area (Å²) in [5, 5.41) is 0. The molecule has 0 N–H and O–H groups in total. The Morgan fingerprint density at radius 2 is 0.314 bits per heavy atom. The van der Waals surface area contributed by atoms with Crippen LogP contribution >= 0.6 is 0 Å². The second kappa shape index (κ2) is 112. The average Bonchev–Trinajstić information content (AvgIpc) is 0.964. The van der Waals surface area contributed by atoms with Gasteiger partial charge in [0.25, 0.3) is 0 Å². The summed E-state index contributed by atoms with van der Waals surface area (Å²) in [5.41, 5.74) is 16.5. The van der Waals surface area contributed by atoms with Gasteiger partial charge < -0.3 is 0 Å². The molecule has 0 aromatic heterocycles. The predicted octanol–water partition coefficient (Wildman–Crippen LogP) is 50.7. The van der Waals surface area contributed by atoms with Crippen LogP contribution in [-0.2, 0) is 0 Å². The third-order valence-electron chi connectivity index (χ3n) is 26.5. The summed E-state index contributed by atoms with van der Waals surface area (Å²) in [7, 11) is 0. The Hall–Kier alpha value is -2.86. The third-order valence-corrected chi connectivity index (χ3v) is 26.5. The van der Waals surface area contributed by atoms with E-state index in [1.165, 1.54) is 351 Å². The van der Waals surface area contributed by atoms with Crippen molar-refractivity contribution in [1.29, 1.82) is 0 Å². The summed E-state index contributed by atoms with van der Waals surface area (Å²) in [6.45, 7) is 114. The molecule has 0 aromatic carbocycles. The lowest BCUT2D eigenvalue weighted by molar-refractivity contribution is 0.400. The Bertz CT molecular complexity index is 2740. The van der Waals surface area contributed by atoms with Crippen LogP contribution in [0.4, 0.5) is 0 Å². The van der Waals surface area contributed by atoms with Crippen LogP contribution in [0.25, 0.3) is 0 Å². The van der Waals surface area contributed by atoms with E-state index in [9.17, 15) is 0 Å². The zero-order valence-corrected chi connectivity index (χ0v) is 105. The minimum absolute atomic E-state index is 0.772. The summed E-state index contributed by atoms with van der Waals surface area (Å²) in [4.78, 5) is 0. The second-order valence-electron chi connectivity index (χ2n) is 50.6. The first kappa shape index (κ1) is 154. The highest BCUT2D eigenvalue weighted by molar-refractivity contribution is 5.10. The monoisotopic (exact) mass is 1920 g/mol. The first-order valence-corrected chi connectivity index (χ1v) is 60.0. The fourth-order valence-electron chi connectivity index (χ4n) is 14.6. The van der Waals surface area contributed by atoms with Gasteiger partial charge in [-0.05, 0) is 345 Å². The summed E-state index contributed by atoms with van der Waals surface area (Å²) < 4.78 is 0. The average molecular weight is 1920 g/mol. The van der Waals surface area contributed by atoms with Crippen LogP contribution in [-0.4, -0.2) is 0 Å². The molecule has 0 aliphatic carbocycles. The van der Waals surface area contributed by atoms with Crippen molar-refractivity contribution in [3.63, 3.8) is 0 Å². The van der Waals surface area contributed by atoms with E-state index >= 15 is 0 Å². The highest BCUT2D eigenvalue weighted by Crippen LogP contribution is 2.26. The molecule has 0 rings (SSSR count). The number of unbranched alkanes of at least 4 members (excludes halogenated alkanes) is 1. The molecule has 0 aliphatic heterocycles. The van der Waals surface area contributed by atoms with Crippen molar-refractivity contribution in [3.05, 3.63) is 128 Å². The van der Waals surface area contributed by atoms with Crippen LogP contribution in [0, 0.1) is 112 Å². The van der Waals surface area contributed by atoms with E-state index in [1.54, 1.807) is 5.57 Å². The van der Waals surface area contributed by atoms with Crippen LogP contribution < -0.4 is 0 Å². The largest absolute Gasteiger partial charge is 0.0859 e. The van der Waals surface area contributed by atoms with E-state index in [2.05, 4.69) is 413 Å². The molecule has 7 unspecified atom stereocenters. The molecule has 137 heavy (non-hydrogen) atoms.